The van der Waals surface area contributed by atoms with Crippen LogP contribution < -0.4 is 0 Å². The molecule has 2 aliphatic rings. The first-order chi connectivity index (χ1) is 8.16. The van der Waals surface area contributed by atoms with Crippen LogP contribution in [0, 0.1) is 5.92 Å². The molecule has 0 amide bonds. The Balaban J connectivity index is 1.72. The summed E-state index contributed by atoms with van der Waals surface area (Å²) in [7, 11) is 4.28. The van der Waals surface area contributed by atoms with Crippen molar-refractivity contribution in [1.29, 1.82) is 0 Å². The Morgan fingerprint density at radius 1 is 1.29 bits per heavy atom. The normalized spacial score (nSPS) is 27.8. The maximum absolute atomic E-state index is 12.0. The highest BCUT2D eigenvalue weighted by molar-refractivity contribution is 5.83. The summed E-state index contributed by atoms with van der Waals surface area (Å²) in [4.78, 5) is 16.6. The Bertz CT molecular complexity index is 254. The standard InChI is InChI=1S/C13H24N2O2/c1-14(2)12-3-6-15(7-4-12)9-13(16)11-5-8-17-10-11/h11-12H,3-10H2,1-2H3. The molecule has 4 heteroatoms. The predicted octanol–water partition coefficient (Wildman–Crippen LogP) is 0.618. The van der Waals surface area contributed by atoms with Crippen molar-refractivity contribution in [3.05, 3.63) is 0 Å². The second-order valence-electron chi connectivity index (χ2n) is 5.50. The van der Waals surface area contributed by atoms with E-state index in [1.165, 1.54) is 12.8 Å². The van der Waals surface area contributed by atoms with E-state index in [1.807, 2.05) is 0 Å². The van der Waals surface area contributed by atoms with Crippen molar-refractivity contribution in [2.24, 2.45) is 5.92 Å². The molecule has 0 aliphatic carbocycles. The molecule has 0 bridgehead atoms. The minimum atomic E-state index is 0.168. The summed E-state index contributed by atoms with van der Waals surface area (Å²) < 4.78 is 5.27. The Hall–Kier alpha value is -0.450. The molecule has 17 heavy (non-hydrogen) atoms. The molecule has 0 aromatic carbocycles. The maximum Gasteiger partial charge on any atom is 0.152 e. The lowest BCUT2D eigenvalue weighted by Gasteiger charge is -2.35. The number of ether oxygens (including phenoxy) is 1. The molecule has 2 aliphatic heterocycles. The number of rotatable bonds is 4. The highest BCUT2D eigenvalue weighted by atomic mass is 16.5. The Morgan fingerprint density at radius 2 is 2.00 bits per heavy atom. The van der Waals surface area contributed by atoms with Gasteiger partial charge in [0.1, 0.15) is 0 Å². The van der Waals surface area contributed by atoms with Crippen LogP contribution in [0.2, 0.25) is 0 Å². The molecule has 1 atom stereocenters. The van der Waals surface area contributed by atoms with Crippen molar-refractivity contribution in [2.45, 2.75) is 25.3 Å². The summed E-state index contributed by atoms with van der Waals surface area (Å²) in [5.74, 6) is 0.548. The highest BCUT2D eigenvalue weighted by Gasteiger charge is 2.27. The summed E-state index contributed by atoms with van der Waals surface area (Å²) in [6, 6.07) is 0.691. The molecule has 2 fully saturated rings. The average molecular weight is 240 g/mol. The van der Waals surface area contributed by atoms with Gasteiger partial charge in [-0.2, -0.15) is 0 Å². The maximum atomic E-state index is 12.0. The summed E-state index contributed by atoms with van der Waals surface area (Å²) >= 11 is 0. The molecule has 0 spiro atoms. The number of Topliss-reactive ketones (excluding diaryl/α,β-unsaturated/α-hetero) is 1. The molecule has 1 unspecified atom stereocenters. The zero-order chi connectivity index (χ0) is 12.3. The fourth-order valence-electron chi connectivity index (χ4n) is 2.73. The zero-order valence-corrected chi connectivity index (χ0v) is 11.0. The van der Waals surface area contributed by atoms with E-state index in [4.69, 9.17) is 4.74 Å². The van der Waals surface area contributed by atoms with E-state index in [2.05, 4.69) is 23.9 Å². The van der Waals surface area contributed by atoms with E-state index in [0.717, 1.165) is 26.1 Å². The fourth-order valence-corrected chi connectivity index (χ4v) is 2.73. The van der Waals surface area contributed by atoms with Gasteiger partial charge < -0.3 is 9.64 Å². The van der Waals surface area contributed by atoms with E-state index in [-0.39, 0.29) is 5.92 Å². The minimum absolute atomic E-state index is 0.168. The average Bonchev–Trinajstić information content (AvgIpc) is 2.83. The van der Waals surface area contributed by atoms with Crippen molar-refractivity contribution < 1.29 is 9.53 Å². The molecule has 98 valence electrons. The summed E-state index contributed by atoms with van der Waals surface area (Å²) in [6.07, 6.45) is 3.29. The third-order valence-corrected chi connectivity index (χ3v) is 4.05. The summed E-state index contributed by atoms with van der Waals surface area (Å²) in [6.45, 7) is 4.16. The summed E-state index contributed by atoms with van der Waals surface area (Å²) in [5.41, 5.74) is 0. The van der Waals surface area contributed by atoms with Crippen molar-refractivity contribution >= 4 is 5.78 Å². The van der Waals surface area contributed by atoms with Gasteiger partial charge in [-0.25, -0.2) is 0 Å². The van der Waals surface area contributed by atoms with E-state index in [9.17, 15) is 4.79 Å². The van der Waals surface area contributed by atoms with Gasteiger partial charge in [0, 0.05) is 31.7 Å². The van der Waals surface area contributed by atoms with Crippen molar-refractivity contribution in [1.82, 2.24) is 9.80 Å². The lowest BCUT2D eigenvalue weighted by molar-refractivity contribution is -0.124. The van der Waals surface area contributed by atoms with Crippen LogP contribution in [0.25, 0.3) is 0 Å². The molecular weight excluding hydrogens is 216 g/mol. The van der Waals surface area contributed by atoms with Gasteiger partial charge in [0.05, 0.1) is 13.2 Å². The van der Waals surface area contributed by atoms with Gasteiger partial charge in [-0.1, -0.05) is 0 Å². The van der Waals surface area contributed by atoms with Gasteiger partial charge >= 0.3 is 0 Å². The van der Waals surface area contributed by atoms with Gasteiger partial charge in [-0.15, -0.1) is 0 Å². The second-order valence-corrected chi connectivity index (χ2v) is 5.50. The number of nitrogens with zero attached hydrogens (tertiary/aromatic N) is 2. The first kappa shape index (κ1) is 13.0. The SMILES string of the molecule is CN(C)C1CCN(CC(=O)C2CCOC2)CC1. The number of carbonyl (C=O) groups excluding carboxylic acids is 1. The van der Waals surface area contributed by atoms with Crippen LogP contribution in [0.3, 0.4) is 0 Å². The van der Waals surface area contributed by atoms with E-state index < -0.39 is 0 Å². The van der Waals surface area contributed by atoms with Gasteiger partial charge in [0.2, 0.25) is 0 Å². The first-order valence-corrected chi connectivity index (χ1v) is 6.66. The fraction of sp³-hybridized carbons (Fsp3) is 0.923. The van der Waals surface area contributed by atoms with Crippen molar-refractivity contribution in [3.8, 4) is 0 Å². The molecule has 4 nitrogen and oxygen atoms in total. The second kappa shape index (κ2) is 5.94. The molecular formula is C13H24N2O2. The summed E-state index contributed by atoms with van der Waals surface area (Å²) in [5, 5.41) is 0. The van der Waals surface area contributed by atoms with Crippen LogP contribution in [0.1, 0.15) is 19.3 Å². The number of carbonyl (C=O) groups is 1. The molecule has 0 saturated carbocycles. The van der Waals surface area contributed by atoms with Crippen LogP contribution in [0.15, 0.2) is 0 Å². The highest BCUT2D eigenvalue weighted by Crippen LogP contribution is 2.17. The minimum Gasteiger partial charge on any atom is -0.381 e. The van der Waals surface area contributed by atoms with Gasteiger partial charge in [0.25, 0.3) is 0 Å². The third kappa shape index (κ3) is 3.50. The van der Waals surface area contributed by atoms with Crippen LogP contribution in [0.5, 0.6) is 0 Å². The largest absolute Gasteiger partial charge is 0.381 e. The number of piperidine rings is 1. The van der Waals surface area contributed by atoms with Gasteiger partial charge in [0.15, 0.2) is 5.78 Å². The molecule has 2 saturated heterocycles. The molecule has 0 radical (unpaired) electrons. The molecule has 0 aromatic rings. The van der Waals surface area contributed by atoms with E-state index in [0.29, 0.717) is 25.0 Å². The lowest BCUT2D eigenvalue weighted by atomic mass is 10.0. The molecule has 0 aromatic heterocycles. The Labute approximate surface area is 104 Å². The number of hydrogen-bond acceptors (Lipinski definition) is 4. The third-order valence-electron chi connectivity index (χ3n) is 4.05. The topological polar surface area (TPSA) is 32.8 Å². The number of ketones is 1. The molecule has 0 N–H and O–H groups in total. The smallest absolute Gasteiger partial charge is 0.152 e. The van der Waals surface area contributed by atoms with Crippen LogP contribution in [0.4, 0.5) is 0 Å². The Kier molecular flexibility index (Phi) is 4.54. The van der Waals surface area contributed by atoms with E-state index >= 15 is 0 Å². The quantitative estimate of drug-likeness (QED) is 0.721. The Morgan fingerprint density at radius 3 is 2.53 bits per heavy atom. The van der Waals surface area contributed by atoms with E-state index in [1.54, 1.807) is 0 Å². The molecule has 2 rings (SSSR count). The van der Waals surface area contributed by atoms with Crippen molar-refractivity contribution in [2.75, 3.05) is 46.9 Å². The van der Waals surface area contributed by atoms with Gasteiger partial charge in [-0.3, -0.25) is 9.69 Å². The van der Waals surface area contributed by atoms with Gasteiger partial charge in [-0.05, 0) is 33.4 Å². The van der Waals surface area contributed by atoms with Crippen LogP contribution in [-0.4, -0.2) is 68.6 Å². The van der Waals surface area contributed by atoms with Crippen molar-refractivity contribution in [3.63, 3.8) is 0 Å². The van der Waals surface area contributed by atoms with Crippen LogP contribution >= 0.6 is 0 Å². The monoisotopic (exact) mass is 240 g/mol. The lowest BCUT2D eigenvalue weighted by Crippen LogP contribution is -2.44. The zero-order valence-electron chi connectivity index (χ0n) is 11.0. The predicted molar refractivity (Wildman–Crippen MR) is 67.1 cm³/mol. The first-order valence-electron chi connectivity index (χ1n) is 6.66. The number of likely N-dealkylation sites (tertiary alicyclic amines) is 1. The number of hydrogen-bond donors (Lipinski definition) is 0. The molecule has 2 heterocycles. The van der Waals surface area contributed by atoms with Crippen LogP contribution in [-0.2, 0) is 9.53 Å².